The first kappa shape index (κ1) is 15.8. The summed E-state index contributed by atoms with van der Waals surface area (Å²) in [5.41, 5.74) is 11.2. The Labute approximate surface area is 138 Å². The summed E-state index contributed by atoms with van der Waals surface area (Å²) in [5, 5.41) is 0. The SMILES string of the molecule is Cc1cc(C(=O)N=C(N)N)cc2c1Oc1ccccc1NS2(=O)=O. The first-order valence-corrected chi connectivity index (χ1v) is 8.34. The molecule has 0 bridgehead atoms. The van der Waals surface area contributed by atoms with Gasteiger partial charge in [-0.05, 0) is 36.8 Å². The second-order valence-corrected chi connectivity index (χ2v) is 6.82. The summed E-state index contributed by atoms with van der Waals surface area (Å²) in [6.45, 7) is 1.63. The molecule has 0 fully saturated rings. The van der Waals surface area contributed by atoms with Crippen LogP contribution in [0.1, 0.15) is 15.9 Å². The molecule has 0 atom stereocenters. The van der Waals surface area contributed by atoms with Crippen molar-refractivity contribution in [3.63, 3.8) is 0 Å². The van der Waals surface area contributed by atoms with Crippen LogP contribution in [0, 0.1) is 6.92 Å². The normalized spacial score (nSPS) is 14.2. The lowest BCUT2D eigenvalue weighted by Crippen LogP contribution is -2.24. The summed E-state index contributed by atoms with van der Waals surface area (Å²) in [6, 6.07) is 9.29. The highest BCUT2D eigenvalue weighted by Crippen LogP contribution is 2.41. The molecule has 2 aromatic rings. The van der Waals surface area contributed by atoms with Gasteiger partial charge >= 0.3 is 0 Å². The maximum Gasteiger partial charge on any atom is 0.280 e. The molecule has 0 saturated carbocycles. The van der Waals surface area contributed by atoms with E-state index in [0.29, 0.717) is 17.0 Å². The van der Waals surface area contributed by atoms with Crippen LogP contribution in [0.5, 0.6) is 11.5 Å². The predicted molar refractivity (Wildman–Crippen MR) is 88.6 cm³/mol. The number of nitrogens with one attached hydrogen (secondary N) is 1. The molecule has 0 aliphatic carbocycles. The van der Waals surface area contributed by atoms with Crippen LogP contribution in [-0.2, 0) is 10.0 Å². The van der Waals surface area contributed by atoms with Crippen LogP contribution in [0.3, 0.4) is 0 Å². The zero-order valence-electron chi connectivity index (χ0n) is 12.6. The number of nitrogens with zero attached hydrogens (tertiary/aromatic N) is 1. The number of para-hydroxylation sites is 2. The quantitative estimate of drug-likeness (QED) is 0.526. The predicted octanol–water partition coefficient (Wildman–Crippen LogP) is 1.32. The third-order valence-electron chi connectivity index (χ3n) is 3.35. The number of benzene rings is 2. The average molecular weight is 346 g/mol. The molecule has 1 amide bonds. The molecular formula is C15H14N4O4S. The number of guanidine groups is 1. The van der Waals surface area contributed by atoms with Crippen LogP contribution in [0.15, 0.2) is 46.3 Å². The van der Waals surface area contributed by atoms with Crippen molar-refractivity contribution in [2.24, 2.45) is 16.5 Å². The largest absolute Gasteiger partial charge is 0.453 e. The Morgan fingerprint density at radius 2 is 1.92 bits per heavy atom. The Bertz CT molecular complexity index is 979. The van der Waals surface area contributed by atoms with E-state index in [0.717, 1.165) is 0 Å². The number of anilines is 1. The van der Waals surface area contributed by atoms with Crippen LogP contribution in [0.4, 0.5) is 5.69 Å². The first-order chi connectivity index (χ1) is 11.3. The van der Waals surface area contributed by atoms with Crippen LogP contribution in [0.25, 0.3) is 0 Å². The van der Waals surface area contributed by atoms with Crippen molar-refractivity contribution in [2.75, 3.05) is 4.72 Å². The lowest BCUT2D eigenvalue weighted by molar-refractivity contribution is 0.100. The van der Waals surface area contributed by atoms with Gasteiger partial charge in [-0.1, -0.05) is 12.1 Å². The van der Waals surface area contributed by atoms with E-state index >= 15 is 0 Å². The van der Waals surface area contributed by atoms with E-state index in [2.05, 4.69) is 9.71 Å². The van der Waals surface area contributed by atoms with Crippen molar-refractivity contribution < 1.29 is 17.9 Å². The Kier molecular flexibility index (Phi) is 3.64. The van der Waals surface area contributed by atoms with E-state index in [1.165, 1.54) is 12.1 Å². The Morgan fingerprint density at radius 1 is 1.21 bits per heavy atom. The Hall–Kier alpha value is -3.07. The number of fused-ring (bicyclic) bond motifs is 2. The molecule has 0 saturated heterocycles. The molecule has 0 aromatic heterocycles. The fraction of sp³-hybridized carbons (Fsp3) is 0.0667. The topological polar surface area (TPSA) is 137 Å². The highest BCUT2D eigenvalue weighted by molar-refractivity contribution is 7.92. The van der Waals surface area contributed by atoms with Crippen LogP contribution >= 0.6 is 0 Å². The number of carbonyl (C=O) groups excluding carboxylic acids is 1. The summed E-state index contributed by atoms with van der Waals surface area (Å²) in [4.78, 5) is 15.3. The van der Waals surface area contributed by atoms with Crippen LogP contribution in [0.2, 0.25) is 0 Å². The molecule has 9 heteroatoms. The van der Waals surface area contributed by atoms with Crippen molar-refractivity contribution in [3.05, 3.63) is 47.5 Å². The van der Waals surface area contributed by atoms with Gasteiger partial charge in [0.1, 0.15) is 4.90 Å². The molecule has 3 rings (SSSR count). The van der Waals surface area contributed by atoms with E-state index in [1.807, 2.05) is 0 Å². The number of hydrogen-bond donors (Lipinski definition) is 3. The lowest BCUT2D eigenvalue weighted by Gasteiger charge is -2.11. The number of rotatable bonds is 1. The Morgan fingerprint density at radius 3 is 2.62 bits per heavy atom. The number of carbonyl (C=O) groups is 1. The van der Waals surface area contributed by atoms with Gasteiger partial charge in [-0.2, -0.15) is 4.99 Å². The molecule has 5 N–H and O–H groups in total. The van der Waals surface area contributed by atoms with Crippen molar-refractivity contribution in [1.29, 1.82) is 0 Å². The van der Waals surface area contributed by atoms with Gasteiger partial charge in [0.2, 0.25) is 0 Å². The number of nitrogens with two attached hydrogens (primary N) is 2. The number of sulfonamides is 1. The number of aryl methyl sites for hydroxylation is 1. The third-order valence-corrected chi connectivity index (χ3v) is 4.72. The smallest absolute Gasteiger partial charge is 0.280 e. The summed E-state index contributed by atoms with van der Waals surface area (Å²) in [7, 11) is -3.94. The number of amides is 1. The van der Waals surface area contributed by atoms with E-state index in [1.54, 1.807) is 31.2 Å². The van der Waals surface area contributed by atoms with Gasteiger partial charge in [-0.25, -0.2) is 8.42 Å². The molecule has 0 spiro atoms. The van der Waals surface area contributed by atoms with Crippen molar-refractivity contribution in [2.45, 2.75) is 11.8 Å². The average Bonchev–Trinajstić information content (AvgIpc) is 2.60. The number of hydrogen-bond acceptors (Lipinski definition) is 4. The lowest BCUT2D eigenvalue weighted by atomic mass is 10.1. The first-order valence-electron chi connectivity index (χ1n) is 6.86. The molecule has 1 aliphatic heterocycles. The van der Waals surface area contributed by atoms with Gasteiger partial charge in [0.25, 0.3) is 15.9 Å². The van der Waals surface area contributed by atoms with Crippen molar-refractivity contribution >= 4 is 27.6 Å². The van der Waals surface area contributed by atoms with Crippen molar-refractivity contribution in [1.82, 2.24) is 0 Å². The second-order valence-electron chi connectivity index (χ2n) is 5.17. The molecular weight excluding hydrogens is 332 g/mol. The van der Waals surface area contributed by atoms with Gasteiger partial charge in [0, 0.05) is 5.56 Å². The molecule has 0 radical (unpaired) electrons. The second kappa shape index (κ2) is 5.53. The van der Waals surface area contributed by atoms with Gasteiger partial charge in [0.15, 0.2) is 17.5 Å². The zero-order chi connectivity index (χ0) is 17.5. The molecule has 24 heavy (non-hydrogen) atoms. The summed E-state index contributed by atoms with van der Waals surface area (Å²) in [5.74, 6) is -0.630. The minimum absolute atomic E-state index is 0.0413. The molecule has 1 aliphatic rings. The van der Waals surface area contributed by atoms with Crippen molar-refractivity contribution in [3.8, 4) is 11.5 Å². The van der Waals surface area contributed by atoms with Gasteiger partial charge in [-0.3, -0.25) is 9.52 Å². The summed E-state index contributed by atoms with van der Waals surface area (Å²) < 4.78 is 33.4. The summed E-state index contributed by atoms with van der Waals surface area (Å²) in [6.07, 6.45) is 0. The van der Waals surface area contributed by atoms with Gasteiger partial charge in [0.05, 0.1) is 5.69 Å². The van der Waals surface area contributed by atoms with E-state index < -0.39 is 21.9 Å². The highest BCUT2D eigenvalue weighted by atomic mass is 32.2. The van der Waals surface area contributed by atoms with Crippen LogP contribution in [-0.4, -0.2) is 20.3 Å². The molecule has 8 nitrogen and oxygen atoms in total. The van der Waals surface area contributed by atoms with Crippen LogP contribution < -0.4 is 20.9 Å². The monoisotopic (exact) mass is 346 g/mol. The van der Waals surface area contributed by atoms with Gasteiger partial charge < -0.3 is 16.2 Å². The standard InChI is InChI=1S/C15H14N4O4S/c1-8-6-9(14(20)18-15(16)17)7-12-13(8)23-11-5-3-2-4-10(11)19-24(12,21)22/h2-7,19H,1H3,(H4,16,17,18,20). The third kappa shape index (κ3) is 2.76. The summed E-state index contributed by atoms with van der Waals surface area (Å²) >= 11 is 0. The fourth-order valence-electron chi connectivity index (χ4n) is 2.33. The highest BCUT2D eigenvalue weighted by Gasteiger charge is 2.28. The van der Waals surface area contributed by atoms with E-state index in [-0.39, 0.29) is 16.2 Å². The molecule has 0 unspecified atom stereocenters. The zero-order valence-corrected chi connectivity index (χ0v) is 13.4. The maximum absolute atomic E-state index is 12.6. The van der Waals surface area contributed by atoms with E-state index in [9.17, 15) is 13.2 Å². The maximum atomic E-state index is 12.6. The molecule has 124 valence electrons. The van der Waals surface area contributed by atoms with E-state index in [4.69, 9.17) is 16.2 Å². The number of ether oxygens (including phenoxy) is 1. The Balaban J connectivity index is 2.21. The molecule has 2 aromatic carbocycles. The minimum atomic E-state index is -3.94. The fourth-order valence-corrected chi connectivity index (χ4v) is 3.62. The number of aliphatic imine (C=N–C) groups is 1. The molecule has 1 heterocycles. The minimum Gasteiger partial charge on any atom is -0.453 e. The van der Waals surface area contributed by atoms with Gasteiger partial charge in [-0.15, -0.1) is 0 Å².